The number of amides is 3. The maximum atomic E-state index is 13.5. The number of carbonyl (C=O) groups excluding carboxylic acids is 2. The fourth-order valence-electron chi connectivity index (χ4n) is 4.45. The topological polar surface area (TPSA) is 75.1 Å². The summed E-state index contributed by atoms with van der Waals surface area (Å²) in [6, 6.07) is 7.03. The molecule has 1 heterocycles. The molecule has 0 radical (unpaired) electrons. The Labute approximate surface area is 173 Å². The minimum Gasteiger partial charge on any atom is -0.492 e. The Kier molecular flexibility index (Phi) is 7.36. The van der Waals surface area contributed by atoms with E-state index in [4.69, 9.17) is 4.74 Å². The molecule has 160 valence electrons. The van der Waals surface area contributed by atoms with Crippen LogP contribution in [0.3, 0.4) is 0 Å². The number of carbonyl (C=O) groups is 2. The van der Waals surface area contributed by atoms with Crippen LogP contribution in [-0.2, 0) is 4.79 Å². The van der Waals surface area contributed by atoms with Gasteiger partial charge in [-0.1, -0.05) is 31.4 Å². The van der Waals surface area contributed by atoms with Gasteiger partial charge in [-0.25, -0.2) is 4.79 Å². The number of quaternary nitrogens is 1. The summed E-state index contributed by atoms with van der Waals surface area (Å²) in [4.78, 5) is 29.8. The number of ether oxygens (including phenoxy) is 1. The number of likely N-dealkylation sites (N-methyl/N-ethyl adjacent to an activating group) is 1. The maximum Gasteiger partial charge on any atom is 0.320 e. The van der Waals surface area contributed by atoms with Gasteiger partial charge in [0.05, 0.1) is 45.0 Å². The molecule has 1 aliphatic carbocycles. The summed E-state index contributed by atoms with van der Waals surface area (Å²) in [6.07, 6.45) is 4.43. The second-order valence-corrected chi connectivity index (χ2v) is 8.05. The van der Waals surface area contributed by atoms with Crippen molar-refractivity contribution >= 4 is 17.6 Å². The van der Waals surface area contributed by atoms with Crippen LogP contribution in [0.5, 0.6) is 5.75 Å². The van der Waals surface area contributed by atoms with Crippen LogP contribution in [-0.4, -0.2) is 61.7 Å². The predicted octanol–water partition coefficient (Wildman–Crippen LogP) is 1.66. The number of anilines is 1. The van der Waals surface area contributed by atoms with Crippen LogP contribution in [0.25, 0.3) is 0 Å². The monoisotopic (exact) mass is 403 g/mol. The van der Waals surface area contributed by atoms with Crippen LogP contribution in [0.1, 0.15) is 46.0 Å². The largest absolute Gasteiger partial charge is 0.492 e. The number of urea groups is 1. The van der Waals surface area contributed by atoms with Crippen molar-refractivity contribution < 1.29 is 19.2 Å². The van der Waals surface area contributed by atoms with Crippen LogP contribution in [0.15, 0.2) is 24.3 Å². The summed E-state index contributed by atoms with van der Waals surface area (Å²) >= 11 is 0. The normalized spacial score (nSPS) is 19.4. The number of hydrogen-bond acceptors (Lipinski definition) is 3. The van der Waals surface area contributed by atoms with Gasteiger partial charge in [0, 0.05) is 0 Å². The van der Waals surface area contributed by atoms with Crippen molar-refractivity contribution in [1.82, 2.24) is 10.2 Å². The lowest BCUT2D eigenvalue weighted by atomic mass is 9.80. The Morgan fingerprint density at radius 1 is 1.10 bits per heavy atom. The molecule has 3 amide bonds. The number of piperazine rings is 1. The molecular formula is C22H35N4O3+. The lowest BCUT2D eigenvalue weighted by Crippen LogP contribution is -3.14. The van der Waals surface area contributed by atoms with Crippen molar-refractivity contribution in [2.75, 3.05) is 44.6 Å². The van der Waals surface area contributed by atoms with Gasteiger partial charge in [0.25, 0.3) is 0 Å². The quantitative estimate of drug-likeness (QED) is 0.676. The average Bonchev–Trinajstić information content (AvgIpc) is 2.75. The van der Waals surface area contributed by atoms with Crippen molar-refractivity contribution in [3.8, 4) is 5.75 Å². The van der Waals surface area contributed by atoms with Crippen molar-refractivity contribution in [1.29, 1.82) is 0 Å². The smallest absolute Gasteiger partial charge is 0.320 e. The predicted molar refractivity (Wildman–Crippen MR) is 113 cm³/mol. The van der Waals surface area contributed by atoms with Crippen LogP contribution in [0, 0.1) is 0 Å². The van der Waals surface area contributed by atoms with E-state index in [1.807, 2.05) is 36.1 Å². The van der Waals surface area contributed by atoms with E-state index < -0.39 is 5.54 Å². The number of nitrogens with one attached hydrogen (secondary N) is 3. The van der Waals surface area contributed by atoms with Gasteiger partial charge in [0.15, 0.2) is 0 Å². The zero-order valence-corrected chi connectivity index (χ0v) is 17.8. The molecule has 0 aromatic heterocycles. The van der Waals surface area contributed by atoms with Crippen LogP contribution >= 0.6 is 0 Å². The molecule has 3 rings (SSSR count). The highest BCUT2D eigenvalue weighted by molar-refractivity contribution is 5.97. The zero-order chi connectivity index (χ0) is 20.7. The highest BCUT2D eigenvalue weighted by atomic mass is 16.5. The first-order chi connectivity index (χ1) is 14.1. The number of benzene rings is 1. The fraction of sp³-hybridized carbons (Fsp3) is 0.636. The van der Waals surface area contributed by atoms with Crippen molar-refractivity contribution in [3.63, 3.8) is 0 Å². The Morgan fingerprint density at radius 3 is 2.45 bits per heavy atom. The SMILES string of the molecule is CCOc1ccccc1NC(=O)NC1(C(=O)N2CC[NH+](CC)CC2)CCCCC1. The molecule has 0 unspecified atom stereocenters. The maximum absolute atomic E-state index is 13.5. The molecule has 1 aromatic carbocycles. The first kappa shape index (κ1) is 21.4. The van der Waals surface area contributed by atoms with E-state index in [0.717, 1.165) is 52.0 Å². The highest BCUT2D eigenvalue weighted by Crippen LogP contribution is 2.31. The van der Waals surface area contributed by atoms with Crippen molar-refractivity contribution in [2.45, 2.75) is 51.5 Å². The molecule has 1 saturated heterocycles. The van der Waals surface area contributed by atoms with Crippen LogP contribution in [0.4, 0.5) is 10.5 Å². The molecular weight excluding hydrogens is 368 g/mol. The van der Waals surface area contributed by atoms with E-state index in [0.29, 0.717) is 30.9 Å². The van der Waals surface area contributed by atoms with E-state index in [-0.39, 0.29) is 11.9 Å². The molecule has 7 heteroatoms. The van der Waals surface area contributed by atoms with E-state index in [9.17, 15) is 9.59 Å². The van der Waals surface area contributed by atoms with Gasteiger partial charge < -0.3 is 25.2 Å². The number of nitrogens with zero attached hydrogens (tertiary/aromatic N) is 1. The summed E-state index contributed by atoms with van der Waals surface area (Å²) in [7, 11) is 0. The summed E-state index contributed by atoms with van der Waals surface area (Å²) in [6.45, 7) is 9.19. The van der Waals surface area contributed by atoms with Gasteiger partial charge in [0.1, 0.15) is 11.3 Å². The molecule has 0 atom stereocenters. The second-order valence-electron chi connectivity index (χ2n) is 8.05. The Hall–Kier alpha value is -2.28. The van der Waals surface area contributed by atoms with Gasteiger partial charge >= 0.3 is 6.03 Å². The molecule has 29 heavy (non-hydrogen) atoms. The number of rotatable bonds is 6. The minimum absolute atomic E-state index is 0.0839. The Balaban J connectivity index is 1.70. The van der Waals surface area contributed by atoms with Gasteiger partial charge in [0.2, 0.25) is 5.91 Å². The highest BCUT2D eigenvalue weighted by Gasteiger charge is 2.44. The van der Waals surface area contributed by atoms with E-state index >= 15 is 0 Å². The summed E-state index contributed by atoms with van der Waals surface area (Å²) in [5, 5.41) is 5.96. The lowest BCUT2D eigenvalue weighted by Gasteiger charge is -2.42. The first-order valence-electron chi connectivity index (χ1n) is 11.0. The van der Waals surface area contributed by atoms with Crippen LogP contribution < -0.4 is 20.3 Å². The first-order valence-corrected chi connectivity index (χ1v) is 11.0. The summed E-state index contributed by atoms with van der Waals surface area (Å²) in [5.74, 6) is 0.716. The number of hydrogen-bond donors (Lipinski definition) is 3. The minimum atomic E-state index is -0.799. The van der Waals surface area contributed by atoms with Crippen LogP contribution in [0.2, 0.25) is 0 Å². The molecule has 2 fully saturated rings. The molecule has 2 aliphatic rings. The third kappa shape index (κ3) is 5.21. The summed E-state index contributed by atoms with van der Waals surface area (Å²) in [5.41, 5.74) is -0.183. The van der Waals surface area contributed by atoms with Gasteiger partial charge in [-0.3, -0.25) is 4.79 Å². The molecule has 0 spiro atoms. The fourth-order valence-corrected chi connectivity index (χ4v) is 4.45. The van der Waals surface area contributed by atoms with E-state index in [1.165, 1.54) is 4.90 Å². The van der Waals surface area contributed by atoms with Gasteiger partial charge in [-0.05, 0) is 38.8 Å². The van der Waals surface area contributed by atoms with E-state index in [1.54, 1.807) is 0 Å². The van der Waals surface area contributed by atoms with Crippen molar-refractivity contribution in [3.05, 3.63) is 24.3 Å². The zero-order valence-electron chi connectivity index (χ0n) is 17.8. The van der Waals surface area contributed by atoms with E-state index in [2.05, 4.69) is 17.6 Å². The molecule has 3 N–H and O–H groups in total. The molecule has 1 aliphatic heterocycles. The third-order valence-corrected chi connectivity index (χ3v) is 6.16. The molecule has 1 aromatic rings. The summed E-state index contributed by atoms with van der Waals surface area (Å²) < 4.78 is 5.60. The van der Waals surface area contributed by atoms with Crippen molar-refractivity contribution in [2.24, 2.45) is 0 Å². The van der Waals surface area contributed by atoms with Gasteiger partial charge in [-0.15, -0.1) is 0 Å². The molecule has 7 nitrogen and oxygen atoms in total. The average molecular weight is 404 g/mol. The standard InChI is InChI=1S/C22H34N4O3/c1-3-25-14-16-26(17-15-25)20(27)22(12-8-5-9-13-22)24-21(28)23-18-10-6-7-11-19(18)29-4-2/h6-7,10-11H,3-5,8-9,12-17H2,1-2H3,(H2,23,24,28)/p+1. The van der Waals surface area contributed by atoms with Gasteiger partial charge in [-0.2, -0.15) is 0 Å². The Bertz CT molecular complexity index is 695. The third-order valence-electron chi connectivity index (χ3n) is 6.16. The second kappa shape index (κ2) is 9.96. The number of para-hydroxylation sites is 2. The molecule has 0 bridgehead atoms. The Morgan fingerprint density at radius 2 is 1.79 bits per heavy atom. The molecule has 1 saturated carbocycles. The lowest BCUT2D eigenvalue weighted by molar-refractivity contribution is -0.902.